The molecular weight excluding hydrogens is 228 g/mol. The average Bonchev–Trinajstić information content (AvgIpc) is 2.34. The fraction of sp³-hybridized carbons (Fsp3) is 1.00. The first kappa shape index (κ1) is 17.3. The van der Waals surface area contributed by atoms with Crippen LogP contribution in [0.3, 0.4) is 0 Å². The normalized spacial score (nSPS) is 12.9. The highest BCUT2D eigenvalue weighted by Crippen LogP contribution is 2.13. The summed E-state index contributed by atoms with van der Waals surface area (Å²) in [5, 5.41) is 9.67. The molecule has 0 saturated carbocycles. The van der Waals surface area contributed by atoms with E-state index >= 15 is 0 Å². The molecule has 17 heavy (non-hydrogen) atoms. The lowest BCUT2D eigenvalue weighted by Gasteiger charge is -2.09. The van der Waals surface area contributed by atoms with Gasteiger partial charge >= 0.3 is 0 Å². The highest BCUT2D eigenvalue weighted by Gasteiger charge is 2.02. The first-order valence-corrected chi connectivity index (χ1v) is 8.23. The van der Waals surface area contributed by atoms with Crippen molar-refractivity contribution in [3.05, 3.63) is 0 Å². The van der Waals surface area contributed by atoms with Gasteiger partial charge in [0.15, 0.2) is 0 Å². The van der Waals surface area contributed by atoms with Gasteiger partial charge in [0.05, 0.1) is 6.10 Å². The van der Waals surface area contributed by atoms with Gasteiger partial charge in [-0.05, 0) is 25.0 Å². The number of hydrogen-bond donors (Lipinski definition) is 2. The quantitative estimate of drug-likeness (QED) is 0.353. The molecule has 0 aliphatic carbocycles. The van der Waals surface area contributed by atoms with E-state index in [-0.39, 0.29) is 6.10 Å². The first-order valence-electron chi connectivity index (χ1n) is 7.60. The van der Waals surface area contributed by atoms with Crippen molar-refractivity contribution in [1.29, 1.82) is 0 Å². The topological polar surface area (TPSA) is 20.2 Å². The second-order valence-corrected chi connectivity index (χ2v) is 5.58. The third kappa shape index (κ3) is 14.2. The molecule has 0 aromatic rings. The van der Waals surface area contributed by atoms with Crippen LogP contribution in [0.5, 0.6) is 0 Å². The van der Waals surface area contributed by atoms with Crippen molar-refractivity contribution in [3.63, 3.8) is 0 Å². The molecule has 0 fully saturated rings. The van der Waals surface area contributed by atoms with E-state index in [4.69, 9.17) is 0 Å². The number of thiol groups is 1. The Morgan fingerprint density at radius 3 is 1.76 bits per heavy atom. The Balaban J connectivity index is 3.02. The Morgan fingerprint density at radius 1 is 0.765 bits per heavy atom. The van der Waals surface area contributed by atoms with Crippen LogP contribution in [0.1, 0.15) is 84.0 Å². The van der Waals surface area contributed by atoms with Crippen LogP contribution in [-0.2, 0) is 0 Å². The van der Waals surface area contributed by atoms with E-state index < -0.39 is 0 Å². The number of unbranched alkanes of at least 4 members (excludes halogenated alkanes) is 8. The van der Waals surface area contributed by atoms with Gasteiger partial charge in [-0.15, -0.1) is 0 Å². The predicted octanol–water partition coefficient (Wildman–Crippen LogP) is 4.98. The molecule has 0 bridgehead atoms. The van der Waals surface area contributed by atoms with E-state index in [1.165, 1.54) is 64.2 Å². The maximum Gasteiger partial charge on any atom is 0.0540 e. The summed E-state index contributed by atoms with van der Waals surface area (Å²) >= 11 is 4.21. The van der Waals surface area contributed by atoms with Crippen LogP contribution in [0.4, 0.5) is 0 Å². The standard InChI is InChI=1S/C15H32OS/c1-2-3-12-15(16)13-10-8-6-4-5-7-9-11-14-17/h15-17H,2-14H2,1H3. The molecule has 1 nitrogen and oxygen atoms in total. The summed E-state index contributed by atoms with van der Waals surface area (Å²) < 4.78 is 0. The van der Waals surface area contributed by atoms with Gasteiger partial charge in [-0.2, -0.15) is 12.6 Å². The molecule has 104 valence electrons. The Labute approximate surface area is 114 Å². The minimum Gasteiger partial charge on any atom is -0.393 e. The molecule has 2 heteroatoms. The molecule has 0 radical (unpaired) electrons. The molecule has 0 aliphatic rings. The van der Waals surface area contributed by atoms with Crippen LogP contribution < -0.4 is 0 Å². The Bertz CT molecular complexity index is 139. The third-order valence-corrected chi connectivity index (χ3v) is 3.65. The minimum atomic E-state index is -0.0367. The highest BCUT2D eigenvalue weighted by molar-refractivity contribution is 7.80. The lowest BCUT2D eigenvalue weighted by atomic mass is 10.0. The van der Waals surface area contributed by atoms with Crippen molar-refractivity contribution in [2.45, 2.75) is 90.1 Å². The lowest BCUT2D eigenvalue weighted by molar-refractivity contribution is 0.148. The fourth-order valence-corrected chi connectivity index (χ4v) is 2.36. The van der Waals surface area contributed by atoms with Crippen LogP contribution >= 0.6 is 12.6 Å². The van der Waals surface area contributed by atoms with Crippen molar-refractivity contribution in [3.8, 4) is 0 Å². The summed E-state index contributed by atoms with van der Waals surface area (Å²) in [5.41, 5.74) is 0. The molecule has 0 amide bonds. The van der Waals surface area contributed by atoms with E-state index in [1.54, 1.807) is 0 Å². The second-order valence-electron chi connectivity index (χ2n) is 5.14. The van der Waals surface area contributed by atoms with E-state index in [1.807, 2.05) is 0 Å². The number of hydrogen-bond acceptors (Lipinski definition) is 2. The van der Waals surface area contributed by atoms with Gasteiger partial charge in [-0.3, -0.25) is 0 Å². The summed E-state index contributed by atoms with van der Waals surface area (Å²) in [7, 11) is 0. The van der Waals surface area contributed by atoms with Crippen LogP contribution in [0.15, 0.2) is 0 Å². The molecule has 0 rings (SSSR count). The predicted molar refractivity (Wildman–Crippen MR) is 80.9 cm³/mol. The summed E-state index contributed by atoms with van der Waals surface area (Å²) in [4.78, 5) is 0. The zero-order valence-corrected chi connectivity index (χ0v) is 12.6. The second kappa shape index (κ2) is 14.4. The van der Waals surface area contributed by atoms with Crippen molar-refractivity contribution in [1.82, 2.24) is 0 Å². The van der Waals surface area contributed by atoms with Crippen LogP contribution in [-0.4, -0.2) is 17.0 Å². The fourth-order valence-electron chi connectivity index (χ4n) is 2.14. The van der Waals surface area contributed by atoms with E-state index in [0.717, 1.165) is 18.6 Å². The van der Waals surface area contributed by atoms with E-state index in [2.05, 4.69) is 19.6 Å². The van der Waals surface area contributed by atoms with Gasteiger partial charge in [0.2, 0.25) is 0 Å². The largest absolute Gasteiger partial charge is 0.393 e. The molecule has 0 aromatic heterocycles. The highest BCUT2D eigenvalue weighted by atomic mass is 32.1. The first-order chi connectivity index (χ1) is 8.31. The molecule has 0 heterocycles. The van der Waals surface area contributed by atoms with Gasteiger partial charge in [0.1, 0.15) is 0 Å². The van der Waals surface area contributed by atoms with Crippen LogP contribution in [0.2, 0.25) is 0 Å². The van der Waals surface area contributed by atoms with Crippen molar-refractivity contribution < 1.29 is 5.11 Å². The Morgan fingerprint density at radius 2 is 1.24 bits per heavy atom. The molecule has 0 aromatic carbocycles. The SMILES string of the molecule is CCCCC(O)CCCCCCCCCCS. The van der Waals surface area contributed by atoms with E-state index in [0.29, 0.717) is 0 Å². The molecule has 0 saturated heterocycles. The van der Waals surface area contributed by atoms with Crippen molar-refractivity contribution in [2.24, 2.45) is 0 Å². The van der Waals surface area contributed by atoms with Gasteiger partial charge in [0, 0.05) is 0 Å². The Kier molecular flexibility index (Phi) is 14.6. The molecule has 1 N–H and O–H groups in total. The monoisotopic (exact) mass is 260 g/mol. The molecule has 1 atom stereocenters. The average molecular weight is 260 g/mol. The molecular formula is C15H32OS. The van der Waals surface area contributed by atoms with Crippen molar-refractivity contribution in [2.75, 3.05) is 5.75 Å². The zero-order chi connectivity index (χ0) is 12.8. The maximum atomic E-state index is 9.67. The van der Waals surface area contributed by atoms with Crippen LogP contribution in [0, 0.1) is 0 Å². The maximum absolute atomic E-state index is 9.67. The lowest BCUT2D eigenvalue weighted by Crippen LogP contribution is -2.05. The van der Waals surface area contributed by atoms with Gasteiger partial charge in [-0.1, -0.05) is 64.7 Å². The molecule has 1 unspecified atom stereocenters. The third-order valence-electron chi connectivity index (χ3n) is 3.34. The summed E-state index contributed by atoms with van der Waals surface area (Å²) in [6, 6.07) is 0. The number of aliphatic hydroxyl groups is 1. The zero-order valence-electron chi connectivity index (χ0n) is 11.7. The Hall–Kier alpha value is 0.310. The van der Waals surface area contributed by atoms with Gasteiger partial charge in [-0.25, -0.2) is 0 Å². The van der Waals surface area contributed by atoms with Crippen LogP contribution in [0.25, 0.3) is 0 Å². The summed E-state index contributed by atoms with van der Waals surface area (Å²) in [6.07, 6.45) is 15.0. The number of aliphatic hydroxyl groups excluding tert-OH is 1. The molecule has 0 aliphatic heterocycles. The smallest absolute Gasteiger partial charge is 0.0540 e. The summed E-state index contributed by atoms with van der Waals surface area (Å²) in [6.45, 7) is 2.18. The van der Waals surface area contributed by atoms with E-state index in [9.17, 15) is 5.11 Å². The minimum absolute atomic E-state index is 0.0367. The van der Waals surface area contributed by atoms with Crippen molar-refractivity contribution >= 4 is 12.6 Å². The number of rotatable bonds is 13. The van der Waals surface area contributed by atoms with Gasteiger partial charge in [0.25, 0.3) is 0 Å². The van der Waals surface area contributed by atoms with Gasteiger partial charge < -0.3 is 5.11 Å². The summed E-state index contributed by atoms with van der Waals surface area (Å²) in [5.74, 6) is 1.04. The molecule has 0 spiro atoms.